The molecule has 1 aromatic heterocycles. The molecule has 0 aromatic carbocycles. The van der Waals surface area contributed by atoms with Crippen LogP contribution in [-0.2, 0) is 4.74 Å². The fourth-order valence-corrected chi connectivity index (χ4v) is 1.84. The molecule has 1 unspecified atom stereocenters. The summed E-state index contributed by atoms with van der Waals surface area (Å²) in [6.45, 7) is 1.94. The Labute approximate surface area is 96.6 Å². The number of nitrogens with zero attached hydrogens (tertiary/aromatic N) is 3. The van der Waals surface area contributed by atoms with Crippen molar-refractivity contribution in [1.29, 1.82) is 5.26 Å². The van der Waals surface area contributed by atoms with Gasteiger partial charge in [0.15, 0.2) is 6.10 Å². The number of hydrogen-bond acceptors (Lipinski definition) is 4. The molecule has 2 rings (SSSR count). The van der Waals surface area contributed by atoms with Crippen LogP contribution >= 0.6 is 15.9 Å². The number of ether oxygens (including phenoxy) is 1. The SMILES string of the molecule is N#CC1CN(c2cccc(Br)n2)CCO1. The van der Waals surface area contributed by atoms with Crippen LogP contribution in [0.5, 0.6) is 0 Å². The van der Waals surface area contributed by atoms with Crippen molar-refractivity contribution >= 4 is 21.7 Å². The summed E-state index contributed by atoms with van der Waals surface area (Å²) in [6, 6.07) is 7.86. The average Bonchev–Trinajstić information content (AvgIpc) is 2.29. The Morgan fingerprint density at radius 3 is 3.20 bits per heavy atom. The molecule has 2 heterocycles. The first-order valence-corrected chi connectivity index (χ1v) is 5.47. The van der Waals surface area contributed by atoms with Crippen LogP contribution in [0.3, 0.4) is 0 Å². The van der Waals surface area contributed by atoms with Crippen LogP contribution in [0.1, 0.15) is 0 Å². The average molecular weight is 268 g/mol. The molecule has 5 heteroatoms. The number of morpholine rings is 1. The van der Waals surface area contributed by atoms with E-state index >= 15 is 0 Å². The monoisotopic (exact) mass is 267 g/mol. The van der Waals surface area contributed by atoms with Crippen LogP contribution in [0.2, 0.25) is 0 Å². The van der Waals surface area contributed by atoms with E-state index < -0.39 is 0 Å². The van der Waals surface area contributed by atoms with Crippen molar-refractivity contribution in [2.24, 2.45) is 0 Å². The van der Waals surface area contributed by atoms with Gasteiger partial charge in [0, 0.05) is 6.54 Å². The van der Waals surface area contributed by atoms with Gasteiger partial charge in [0.2, 0.25) is 0 Å². The Bertz CT molecular complexity index is 390. The Hall–Kier alpha value is -1.12. The van der Waals surface area contributed by atoms with E-state index in [2.05, 4.69) is 31.9 Å². The van der Waals surface area contributed by atoms with E-state index in [4.69, 9.17) is 10.00 Å². The summed E-state index contributed by atoms with van der Waals surface area (Å²) in [5, 5.41) is 8.78. The maximum absolute atomic E-state index is 8.78. The molecule has 1 aliphatic rings. The summed E-state index contributed by atoms with van der Waals surface area (Å²) in [5.74, 6) is 0.882. The fraction of sp³-hybridized carbons (Fsp3) is 0.400. The molecule has 78 valence electrons. The predicted molar refractivity (Wildman–Crippen MR) is 59.5 cm³/mol. The lowest BCUT2D eigenvalue weighted by molar-refractivity contribution is 0.0761. The van der Waals surface area contributed by atoms with Gasteiger partial charge in [-0.05, 0) is 28.1 Å². The van der Waals surface area contributed by atoms with Crippen molar-refractivity contribution in [2.75, 3.05) is 24.6 Å². The second-order valence-electron chi connectivity index (χ2n) is 3.25. The maximum Gasteiger partial charge on any atom is 0.161 e. The fourth-order valence-electron chi connectivity index (χ4n) is 1.51. The molecule has 0 saturated carbocycles. The van der Waals surface area contributed by atoms with E-state index in [0.29, 0.717) is 13.2 Å². The van der Waals surface area contributed by atoms with E-state index in [0.717, 1.165) is 17.0 Å². The minimum absolute atomic E-state index is 0.348. The molecule has 4 nitrogen and oxygen atoms in total. The van der Waals surface area contributed by atoms with Gasteiger partial charge >= 0.3 is 0 Å². The van der Waals surface area contributed by atoms with E-state index in [1.165, 1.54) is 0 Å². The van der Waals surface area contributed by atoms with E-state index in [1.54, 1.807) is 0 Å². The lowest BCUT2D eigenvalue weighted by atomic mass is 10.3. The third kappa shape index (κ3) is 2.46. The summed E-state index contributed by atoms with van der Waals surface area (Å²) in [4.78, 5) is 6.40. The molecule has 15 heavy (non-hydrogen) atoms. The smallest absolute Gasteiger partial charge is 0.161 e. The van der Waals surface area contributed by atoms with Gasteiger partial charge in [0.25, 0.3) is 0 Å². The molecule has 0 bridgehead atoms. The first-order chi connectivity index (χ1) is 7.29. The van der Waals surface area contributed by atoms with Crippen LogP contribution in [0.4, 0.5) is 5.82 Å². The Balaban J connectivity index is 2.14. The molecular formula is C10H10BrN3O. The van der Waals surface area contributed by atoms with Crippen molar-refractivity contribution < 1.29 is 4.74 Å². The van der Waals surface area contributed by atoms with Crippen LogP contribution in [0.15, 0.2) is 22.8 Å². The van der Waals surface area contributed by atoms with Crippen LogP contribution < -0.4 is 4.90 Å². The molecule has 1 saturated heterocycles. The largest absolute Gasteiger partial charge is 0.360 e. The molecule has 1 aliphatic heterocycles. The van der Waals surface area contributed by atoms with Crippen molar-refractivity contribution in [1.82, 2.24) is 4.98 Å². The van der Waals surface area contributed by atoms with Gasteiger partial charge in [0.1, 0.15) is 10.4 Å². The number of rotatable bonds is 1. The molecule has 0 N–H and O–H groups in total. The molecule has 0 aliphatic carbocycles. The molecular weight excluding hydrogens is 258 g/mol. The number of nitriles is 1. The van der Waals surface area contributed by atoms with Crippen molar-refractivity contribution in [3.8, 4) is 6.07 Å². The van der Waals surface area contributed by atoms with E-state index in [1.807, 2.05) is 18.2 Å². The highest BCUT2D eigenvalue weighted by molar-refractivity contribution is 9.10. The van der Waals surface area contributed by atoms with Crippen LogP contribution in [-0.4, -0.2) is 30.8 Å². The normalized spacial score (nSPS) is 21.1. The van der Waals surface area contributed by atoms with Gasteiger partial charge in [0.05, 0.1) is 19.2 Å². The van der Waals surface area contributed by atoms with Crippen molar-refractivity contribution in [2.45, 2.75) is 6.10 Å². The minimum Gasteiger partial charge on any atom is -0.360 e. The van der Waals surface area contributed by atoms with Gasteiger partial charge in [-0.3, -0.25) is 0 Å². The summed E-state index contributed by atoms with van der Waals surface area (Å²) in [5.41, 5.74) is 0. The van der Waals surface area contributed by atoms with E-state index in [9.17, 15) is 0 Å². The number of pyridine rings is 1. The number of halogens is 1. The zero-order valence-electron chi connectivity index (χ0n) is 8.06. The van der Waals surface area contributed by atoms with Gasteiger partial charge < -0.3 is 9.64 Å². The quantitative estimate of drug-likeness (QED) is 0.725. The third-order valence-electron chi connectivity index (χ3n) is 2.23. The summed E-state index contributed by atoms with van der Waals surface area (Å²) >= 11 is 3.33. The standard InChI is InChI=1S/C10H10BrN3O/c11-9-2-1-3-10(13-9)14-4-5-15-8(6-12)7-14/h1-3,8H,4-5,7H2. The molecule has 0 spiro atoms. The summed E-state index contributed by atoms with van der Waals surface area (Å²) < 4.78 is 6.07. The molecule has 1 atom stereocenters. The lowest BCUT2D eigenvalue weighted by Crippen LogP contribution is -2.42. The maximum atomic E-state index is 8.78. The molecule has 0 radical (unpaired) electrons. The predicted octanol–water partition coefficient (Wildman–Crippen LogP) is 1.57. The van der Waals surface area contributed by atoms with Gasteiger partial charge in [-0.25, -0.2) is 4.98 Å². The second-order valence-corrected chi connectivity index (χ2v) is 4.07. The van der Waals surface area contributed by atoms with Gasteiger partial charge in [-0.15, -0.1) is 0 Å². The summed E-state index contributed by atoms with van der Waals surface area (Å²) in [6.07, 6.45) is -0.348. The van der Waals surface area contributed by atoms with Crippen molar-refractivity contribution in [3.63, 3.8) is 0 Å². The van der Waals surface area contributed by atoms with Crippen LogP contribution in [0, 0.1) is 11.3 Å². The highest BCUT2D eigenvalue weighted by Gasteiger charge is 2.20. The third-order valence-corrected chi connectivity index (χ3v) is 2.68. The highest BCUT2D eigenvalue weighted by atomic mass is 79.9. The Kier molecular flexibility index (Phi) is 3.19. The first-order valence-electron chi connectivity index (χ1n) is 4.68. The first kappa shape index (κ1) is 10.4. The van der Waals surface area contributed by atoms with E-state index in [-0.39, 0.29) is 6.10 Å². The topological polar surface area (TPSA) is 49.2 Å². The second kappa shape index (κ2) is 4.60. The van der Waals surface area contributed by atoms with Gasteiger partial charge in [-0.1, -0.05) is 6.07 Å². The van der Waals surface area contributed by atoms with Crippen LogP contribution in [0.25, 0.3) is 0 Å². The molecule has 1 aromatic rings. The Morgan fingerprint density at radius 1 is 1.60 bits per heavy atom. The lowest BCUT2D eigenvalue weighted by Gasteiger charge is -2.30. The van der Waals surface area contributed by atoms with Crippen molar-refractivity contribution in [3.05, 3.63) is 22.8 Å². The zero-order chi connectivity index (χ0) is 10.7. The van der Waals surface area contributed by atoms with Gasteiger partial charge in [-0.2, -0.15) is 5.26 Å². The number of hydrogen-bond donors (Lipinski definition) is 0. The number of aromatic nitrogens is 1. The Morgan fingerprint density at radius 2 is 2.47 bits per heavy atom. The highest BCUT2D eigenvalue weighted by Crippen LogP contribution is 2.17. The molecule has 1 fully saturated rings. The summed E-state index contributed by atoms with van der Waals surface area (Å²) in [7, 11) is 0. The minimum atomic E-state index is -0.348. The molecule has 0 amide bonds. The number of anilines is 1. The zero-order valence-corrected chi connectivity index (χ0v) is 9.64.